The summed E-state index contributed by atoms with van der Waals surface area (Å²) in [5.41, 5.74) is 0. The van der Waals surface area contributed by atoms with E-state index in [0.29, 0.717) is 5.92 Å². The van der Waals surface area contributed by atoms with Gasteiger partial charge in [0.05, 0.1) is 13.1 Å². The molecule has 1 N–H and O–H groups in total. The molecule has 0 bridgehead atoms. The lowest BCUT2D eigenvalue weighted by atomic mass is 10.2. The van der Waals surface area contributed by atoms with E-state index < -0.39 is 0 Å². The fraction of sp³-hybridized carbons (Fsp3) is 0.750. The van der Waals surface area contributed by atoms with Crippen LogP contribution in [-0.4, -0.2) is 24.5 Å². The van der Waals surface area contributed by atoms with Gasteiger partial charge < -0.3 is 9.73 Å². The molecular weight excluding hydrogens is 236 g/mol. The lowest BCUT2D eigenvalue weighted by Crippen LogP contribution is -2.24. The minimum atomic E-state index is 0.680. The normalized spacial score (nSPS) is 11.7. The van der Waals surface area contributed by atoms with Crippen LogP contribution in [0.4, 0.5) is 0 Å². The molecule has 0 aliphatic rings. The molecule has 0 unspecified atom stereocenters. The molecule has 1 aromatic heterocycles. The average molecular weight is 266 g/mol. The van der Waals surface area contributed by atoms with E-state index >= 15 is 0 Å². The summed E-state index contributed by atoms with van der Waals surface area (Å²) in [5.74, 6) is 2.81. The molecule has 3 heteroatoms. The van der Waals surface area contributed by atoms with Crippen LogP contribution in [0.15, 0.2) is 16.5 Å². The van der Waals surface area contributed by atoms with Crippen LogP contribution in [-0.2, 0) is 13.1 Å². The zero-order valence-corrected chi connectivity index (χ0v) is 13.0. The van der Waals surface area contributed by atoms with E-state index in [1.54, 1.807) is 0 Å². The van der Waals surface area contributed by atoms with Crippen molar-refractivity contribution in [1.29, 1.82) is 0 Å². The van der Waals surface area contributed by atoms with Gasteiger partial charge in [-0.1, -0.05) is 27.7 Å². The van der Waals surface area contributed by atoms with Crippen LogP contribution >= 0.6 is 0 Å². The maximum absolute atomic E-state index is 5.88. The molecule has 1 heterocycles. The fourth-order valence-electron chi connectivity index (χ4n) is 2.21. The Hall–Kier alpha value is -0.800. The second-order valence-electron chi connectivity index (χ2n) is 5.67. The molecular formula is C16H30N2O. The zero-order valence-electron chi connectivity index (χ0n) is 13.0. The highest BCUT2D eigenvalue weighted by molar-refractivity contribution is 5.07. The fourth-order valence-corrected chi connectivity index (χ4v) is 2.21. The number of nitrogens with zero attached hydrogens (tertiary/aromatic N) is 1. The Morgan fingerprint density at radius 3 is 2.32 bits per heavy atom. The third-order valence-electron chi connectivity index (χ3n) is 3.03. The van der Waals surface area contributed by atoms with E-state index in [1.165, 1.54) is 12.8 Å². The minimum Gasteiger partial charge on any atom is -0.463 e. The first kappa shape index (κ1) is 16.3. The van der Waals surface area contributed by atoms with Gasteiger partial charge in [0.1, 0.15) is 11.5 Å². The molecule has 110 valence electrons. The quantitative estimate of drug-likeness (QED) is 0.701. The van der Waals surface area contributed by atoms with Crippen LogP contribution < -0.4 is 5.32 Å². The van der Waals surface area contributed by atoms with Crippen LogP contribution in [0, 0.1) is 5.92 Å². The molecule has 1 aromatic rings. The van der Waals surface area contributed by atoms with Crippen molar-refractivity contribution < 1.29 is 4.42 Å². The summed E-state index contributed by atoms with van der Waals surface area (Å²) in [4.78, 5) is 2.46. The molecule has 19 heavy (non-hydrogen) atoms. The summed E-state index contributed by atoms with van der Waals surface area (Å²) < 4.78 is 5.88. The summed E-state index contributed by atoms with van der Waals surface area (Å²) >= 11 is 0. The molecule has 3 nitrogen and oxygen atoms in total. The molecule has 0 amide bonds. The van der Waals surface area contributed by atoms with E-state index in [4.69, 9.17) is 4.42 Å². The predicted molar refractivity (Wildman–Crippen MR) is 81.1 cm³/mol. The maximum atomic E-state index is 5.88. The van der Waals surface area contributed by atoms with E-state index in [0.717, 1.165) is 44.2 Å². The topological polar surface area (TPSA) is 28.4 Å². The summed E-state index contributed by atoms with van der Waals surface area (Å²) in [6, 6.07) is 4.21. The summed E-state index contributed by atoms with van der Waals surface area (Å²) in [6.07, 6.45) is 2.40. The molecule has 0 saturated carbocycles. The van der Waals surface area contributed by atoms with Gasteiger partial charge in [-0.2, -0.15) is 0 Å². The van der Waals surface area contributed by atoms with Gasteiger partial charge in [0.2, 0.25) is 0 Å². The Morgan fingerprint density at radius 2 is 1.74 bits per heavy atom. The molecule has 0 spiro atoms. The van der Waals surface area contributed by atoms with Crippen molar-refractivity contribution >= 4 is 0 Å². The first-order chi connectivity index (χ1) is 9.15. The number of furan rings is 1. The smallest absolute Gasteiger partial charge is 0.118 e. The zero-order chi connectivity index (χ0) is 14.1. The monoisotopic (exact) mass is 266 g/mol. The van der Waals surface area contributed by atoms with Gasteiger partial charge in [-0.05, 0) is 50.5 Å². The molecule has 0 fully saturated rings. The molecule has 0 saturated heterocycles. The van der Waals surface area contributed by atoms with Crippen molar-refractivity contribution in [1.82, 2.24) is 10.2 Å². The number of nitrogens with one attached hydrogen (secondary N) is 1. The van der Waals surface area contributed by atoms with Crippen LogP contribution in [0.5, 0.6) is 0 Å². The minimum absolute atomic E-state index is 0.680. The molecule has 0 aliphatic carbocycles. The van der Waals surface area contributed by atoms with E-state index in [9.17, 15) is 0 Å². The summed E-state index contributed by atoms with van der Waals surface area (Å²) in [6.45, 7) is 14.0. The predicted octanol–water partition coefficient (Wildman–Crippen LogP) is 3.65. The van der Waals surface area contributed by atoms with Crippen LogP contribution in [0.1, 0.15) is 52.1 Å². The number of hydrogen-bond donors (Lipinski definition) is 1. The molecule has 0 aliphatic heterocycles. The van der Waals surface area contributed by atoms with Crippen molar-refractivity contribution in [3.8, 4) is 0 Å². The van der Waals surface area contributed by atoms with Gasteiger partial charge in [-0.3, -0.25) is 4.90 Å². The van der Waals surface area contributed by atoms with E-state index in [2.05, 4.69) is 50.0 Å². The van der Waals surface area contributed by atoms with Crippen molar-refractivity contribution in [2.75, 3.05) is 19.6 Å². The van der Waals surface area contributed by atoms with Crippen molar-refractivity contribution in [3.63, 3.8) is 0 Å². The third-order valence-corrected chi connectivity index (χ3v) is 3.03. The average Bonchev–Trinajstić information content (AvgIpc) is 2.77. The van der Waals surface area contributed by atoms with Gasteiger partial charge >= 0.3 is 0 Å². The second kappa shape index (κ2) is 9.16. The van der Waals surface area contributed by atoms with Crippen LogP contribution in [0.3, 0.4) is 0 Å². The second-order valence-corrected chi connectivity index (χ2v) is 5.67. The van der Waals surface area contributed by atoms with Crippen molar-refractivity contribution in [2.45, 2.75) is 53.6 Å². The van der Waals surface area contributed by atoms with Crippen molar-refractivity contribution in [2.24, 2.45) is 5.92 Å². The summed E-state index contributed by atoms with van der Waals surface area (Å²) in [5, 5.41) is 3.41. The van der Waals surface area contributed by atoms with E-state index in [1.807, 2.05) is 0 Å². The first-order valence-corrected chi connectivity index (χ1v) is 7.66. The highest BCUT2D eigenvalue weighted by Crippen LogP contribution is 2.11. The van der Waals surface area contributed by atoms with Crippen molar-refractivity contribution in [3.05, 3.63) is 23.7 Å². The van der Waals surface area contributed by atoms with Gasteiger partial charge in [-0.25, -0.2) is 0 Å². The summed E-state index contributed by atoms with van der Waals surface area (Å²) in [7, 11) is 0. The third kappa shape index (κ3) is 6.79. The number of hydrogen-bond acceptors (Lipinski definition) is 3. The van der Waals surface area contributed by atoms with E-state index in [-0.39, 0.29) is 0 Å². The molecule has 0 atom stereocenters. The van der Waals surface area contributed by atoms with Gasteiger partial charge in [0, 0.05) is 0 Å². The van der Waals surface area contributed by atoms with Crippen LogP contribution in [0.25, 0.3) is 0 Å². The SMILES string of the molecule is CCCN(CCC)Cc1ccc(CNCC(C)C)o1. The molecule has 0 aromatic carbocycles. The largest absolute Gasteiger partial charge is 0.463 e. The highest BCUT2D eigenvalue weighted by atomic mass is 16.3. The Bertz CT molecular complexity index is 327. The highest BCUT2D eigenvalue weighted by Gasteiger charge is 2.08. The molecule has 1 rings (SSSR count). The Labute approximate surface area is 118 Å². The Morgan fingerprint density at radius 1 is 1.11 bits per heavy atom. The van der Waals surface area contributed by atoms with Gasteiger partial charge in [-0.15, -0.1) is 0 Å². The molecule has 0 radical (unpaired) electrons. The van der Waals surface area contributed by atoms with Gasteiger partial charge in [0.25, 0.3) is 0 Å². The standard InChI is InChI=1S/C16H30N2O/c1-5-9-18(10-6-2)13-16-8-7-15(19-16)12-17-11-14(3)4/h7-8,14,17H,5-6,9-13H2,1-4H3. The Kier molecular flexibility index (Phi) is 7.84. The Balaban J connectivity index is 2.39. The lowest BCUT2D eigenvalue weighted by molar-refractivity contribution is 0.241. The van der Waals surface area contributed by atoms with Gasteiger partial charge in [0.15, 0.2) is 0 Å². The lowest BCUT2D eigenvalue weighted by Gasteiger charge is -2.19. The number of rotatable bonds is 10. The van der Waals surface area contributed by atoms with Crippen LogP contribution in [0.2, 0.25) is 0 Å². The first-order valence-electron chi connectivity index (χ1n) is 7.66. The maximum Gasteiger partial charge on any atom is 0.118 e.